The van der Waals surface area contributed by atoms with Crippen LogP contribution in [0.2, 0.25) is 0 Å². The van der Waals surface area contributed by atoms with Crippen LogP contribution < -0.4 is 21.1 Å². The summed E-state index contributed by atoms with van der Waals surface area (Å²) in [7, 11) is -3.79. The first-order valence-corrected chi connectivity index (χ1v) is 19.0. The van der Waals surface area contributed by atoms with E-state index in [2.05, 4.69) is 25.5 Å². The highest BCUT2D eigenvalue weighted by molar-refractivity contribution is 7.89. The maximum atomic E-state index is 13.9. The predicted octanol–water partition coefficient (Wildman–Crippen LogP) is 5.93. The molecule has 0 aliphatic heterocycles. The van der Waals surface area contributed by atoms with Crippen LogP contribution in [0.1, 0.15) is 48.3 Å². The van der Waals surface area contributed by atoms with Crippen LogP contribution in [0, 0.1) is 25.7 Å². The highest BCUT2D eigenvalue weighted by Crippen LogP contribution is 2.30. The molecule has 5 N–H and O–H groups in total. The molecule has 270 valence electrons. The molecular weight excluding hydrogens is 677 g/mol. The molecule has 1 aliphatic carbocycles. The number of benzene rings is 4. The van der Waals surface area contributed by atoms with Crippen LogP contribution in [-0.4, -0.2) is 43.0 Å². The van der Waals surface area contributed by atoms with Crippen molar-refractivity contribution in [3.8, 4) is 22.5 Å². The van der Waals surface area contributed by atoms with Crippen LogP contribution in [0.15, 0.2) is 106 Å². The quantitative estimate of drug-likeness (QED) is 0.116. The average molecular weight is 721 g/mol. The van der Waals surface area contributed by atoms with Gasteiger partial charge in [-0.25, -0.2) is 13.1 Å². The Bertz CT molecular complexity index is 2110. The summed E-state index contributed by atoms with van der Waals surface area (Å²) in [6.07, 6.45) is 3.45. The largest absolute Gasteiger partial charge is 0.344 e. The lowest BCUT2D eigenvalue weighted by molar-refractivity contribution is -0.130. The zero-order chi connectivity index (χ0) is 36.7. The predicted molar refractivity (Wildman–Crippen MR) is 200 cm³/mol. The highest BCUT2D eigenvalue weighted by Gasteiger charge is 2.29. The summed E-state index contributed by atoms with van der Waals surface area (Å²) in [5, 5.41) is 9.97. The summed E-state index contributed by atoms with van der Waals surface area (Å²) < 4.78 is 34.3. The van der Waals surface area contributed by atoms with Gasteiger partial charge in [-0.05, 0) is 109 Å². The van der Waals surface area contributed by atoms with Crippen molar-refractivity contribution in [3.63, 3.8) is 0 Å². The number of carbonyl (C=O) groups is 2. The molecular formula is C40H44N6O5S. The van der Waals surface area contributed by atoms with Gasteiger partial charge in [0.15, 0.2) is 0 Å². The van der Waals surface area contributed by atoms with Crippen molar-refractivity contribution < 1.29 is 22.5 Å². The van der Waals surface area contributed by atoms with Gasteiger partial charge in [0.1, 0.15) is 6.04 Å². The minimum atomic E-state index is -3.79. The molecule has 1 aliphatic rings. The fourth-order valence-corrected chi connectivity index (χ4v) is 7.59. The van der Waals surface area contributed by atoms with Gasteiger partial charge in [-0.2, -0.15) is 4.98 Å². The van der Waals surface area contributed by atoms with Crippen LogP contribution in [-0.2, 0) is 32.6 Å². The van der Waals surface area contributed by atoms with Crippen LogP contribution in [0.5, 0.6) is 0 Å². The fourth-order valence-electron chi connectivity index (χ4n) is 6.55. The first-order valence-electron chi connectivity index (χ1n) is 17.5. The SMILES string of the molecule is Cc1nc(-c2ccc(NC(=O)C(Cc3cccc(-c4cc(S(=O)(=O)NCc5ccccc5)ccc4C)c3)NC(=O)C3CCC(CN)CC3)cc2)no1. The Morgan fingerprint density at radius 2 is 1.60 bits per heavy atom. The molecule has 1 heterocycles. The lowest BCUT2D eigenvalue weighted by Gasteiger charge is -2.28. The monoisotopic (exact) mass is 720 g/mol. The first kappa shape index (κ1) is 36.6. The smallest absolute Gasteiger partial charge is 0.247 e. The number of hydrogen-bond donors (Lipinski definition) is 4. The number of aromatic nitrogens is 2. The van der Waals surface area contributed by atoms with E-state index >= 15 is 0 Å². The van der Waals surface area contributed by atoms with E-state index in [0.29, 0.717) is 29.9 Å². The molecule has 0 radical (unpaired) electrons. The van der Waals surface area contributed by atoms with Gasteiger partial charge in [0.2, 0.25) is 33.6 Å². The van der Waals surface area contributed by atoms with E-state index in [-0.39, 0.29) is 35.6 Å². The van der Waals surface area contributed by atoms with Crippen molar-refractivity contribution in [1.29, 1.82) is 0 Å². The van der Waals surface area contributed by atoms with Gasteiger partial charge < -0.3 is 20.9 Å². The molecule has 0 spiro atoms. The number of amides is 2. The van der Waals surface area contributed by atoms with Crippen LogP contribution >= 0.6 is 0 Å². The molecule has 1 unspecified atom stereocenters. The fraction of sp³-hybridized carbons (Fsp3) is 0.300. The van der Waals surface area contributed by atoms with Crippen molar-refractivity contribution in [2.75, 3.05) is 11.9 Å². The van der Waals surface area contributed by atoms with E-state index in [1.807, 2.05) is 61.5 Å². The van der Waals surface area contributed by atoms with E-state index in [1.54, 1.807) is 49.4 Å². The van der Waals surface area contributed by atoms with Gasteiger partial charge in [0.05, 0.1) is 4.90 Å². The van der Waals surface area contributed by atoms with Gasteiger partial charge in [-0.1, -0.05) is 65.8 Å². The molecule has 11 nitrogen and oxygen atoms in total. The Morgan fingerprint density at radius 1 is 0.865 bits per heavy atom. The summed E-state index contributed by atoms with van der Waals surface area (Å²) in [6, 6.07) is 28.3. The summed E-state index contributed by atoms with van der Waals surface area (Å²) >= 11 is 0. The van der Waals surface area contributed by atoms with E-state index in [0.717, 1.165) is 59.1 Å². The third kappa shape index (κ3) is 9.19. The van der Waals surface area contributed by atoms with E-state index in [4.69, 9.17) is 10.3 Å². The molecule has 0 saturated heterocycles. The average Bonchev–Trinajstić information content (AvgIpc) is 3.60. The van der Waals surface area contributed by atoms with Crippen molar-refractivity contribution in [3.05, 3.63) is 120 Å². The number of rotatable bonds is 13. The number of anilines is 1. The second-order valence-corrected chi connectivity index (χ2v) is 15.2. The molecule has 52 heavy (non-hydrogen) atoms. The molecule has 0 bridgehead atoms. The van der Waals surface area contributed by atoms with E-state index in [9.17, 15) is 18.0 Å². The first-order chi connectivity index (χ1) is 25.1. The summed E-state index contributed by atoms with van der Waals surface area (Å²) in [5.41, 5.74) is 11.3. The Hall–Kier alpha value is -5.17. The number of carbonyl (C=O) groups excluding carboxylic acids is 2. The Morgan fingerprint density at radius 3 is 2.29 bits per heavy atom. The van der Waals surface area contributed by atoms with Gasteiger partial charge >= 0.3 is 0 Å². The molecule has 4 aromatic carbocycles. The van der Waals surface area contributed by atoms with Crippen molar-refractivity contribution in [1.82, 2.24) is 20.2 Å². The molecule has 5 aromatic rings. The topological polar surface area (TPSA) is 169 Å². The van der Waals surface area contributed by atoms with E-state index in [1.165, 1.54) is 0 Å². The Kier molecular flexibility index (Phi) is 11.6. The number of nitrogens with one attached hydrogen (secondary N) is 3. The second-order valence-electron chi connectivity index (χ2n) is 13.4. The normalized spacial score (nSPS) is 16.6. The Labute approximate surface area is 304 Å². The summed E-state index contributed by atoms with van der Waals surface area (Å²) in [4.78, 5) is 31.8. The zero-order valence-corrected chi connectivity index (χ0v) is 30.2. The molecule has 1 aromatic heterocycles. The third-order valence-electron chi connectivity index (χ3n) is 9.63. The van der Waals surface area contributed by atoms with Crippen LogP contribution in [0.3, 0.4) is 0 Å². The lowest BCUT2D eigenvalue weighted by atomic mass is 9.81. The third-order valence-corrected chi connectivity index (χ3v) is 11.0. The number of sulfonamides is 1. The van der Waals surface area contributed by atoms with Crippen molar-refractivity contribution >= 4 is 27.5 Å². The van der Waals surface area contributed by atoms with Crippen LogP contribution in [0.4, 0.5) is 5.69 Å². The minimum absolute atomic E-state index is 0.147. The number of hydrogen-bond acceptors (Lipinski definition) is 8. The maximum absolute atomic E-state index is 13.9. The number of nitrogens with two attached hydrogens (primary N) is 1. The lowest BCUT2D eigenvalue weighted by Crippen LogP contribution is -2.48. The van der Waals surface area contributed by atoms with Gasteiger partial charge in [-0.15, -0.1) is 0 Å². The molecule has 1 atom stereocenters. The number of nitrogens with zero attached hydrogens (tertiary/aromatic N) is 2. The Balaban J connectivity index is 1.21. The van der Waals surface area contributed by atoms with Gasteiger partial charge in [0.25, 0.3) is 0 Å². The standard InChI is InChI=1S/C40H44N6O5S/c1-26-11-20-35(52(49,50)42-25-29-7-4-3-5-8-29)23-36(26)33-10-6-9-30(21-33)22-37(45-39(47)32-14-12-28(24-41)13-15-32)40(48)44-34-18-16-31(17-19-34)38-43-27(2)51-46-38/h3-11,16-21,23,28,32,37,42H,12-15,22,24-25,41H2,1-2H3,(H,44,48)(H,45,47). The van der Waals surface area contributed by atoms with Crippen molar-refractivity contribution in [2.24, 2.45) is 17.6 Å². The minimum Gasteiger partial charge on any atom is -0.344 e. The zero-order valence-electron chi connectivity index (χ0n) is 29.3. The van der Waals surface area contributed by atoms with Gasteiger partial charge in [-0.3, -0.25) is 9.59 Å². The molecule has 1 fully saturated rings. The van der Waals surface area contributed by atoms with Crippen molar-refractivity contribution in [2.45, 2.75) is 63.4 Å². The maximum Gasteiger partial charge on any atom is 0.247 e. The second kappa shape index (κ2) is 16.4. The number of aryl methyl sites for hydroxylation is 2. The molecule has 6 rings (SSSR count). The highest BCUT2D eigenvalue weighted by atomic mass is 32.2. The van der Waals surface area contributed by atoms with E-state index < -0.39 is 16.1 Å². The van der Waals surface area contributed by atoms with Crippen LogP contribution in [0.25, 0.3) is 22.5 Å². The molecule has 2 amide bonds. The molecule has 1 saturated carbocycles. The summed E-state index contributed by atoms with van der Waals surface area (Å²) in [6.45, 7) is 4.43. The van der Waals surface area contributed by atoms with Gasteiger partial charge in [0, 0.05) is 37.1 Å². The summed E-state index contributed by atoms with van der Waals surface area (Å²) in [5.74, 6) is 0.631. The molecule has 12 heteroatoms.